The van der Waals surface area contributed by atoms with E-state index in [9.17, 15) is 22.8 Å². The zero-order valence-corrected chi connectivity index (χ0v) is 30.7. The van der Waals surface area contributed by atoms with E-state index in [1.165, 1.54) is 0 Å². The number of nitrogens with one attached hydrogen (secondary N) is 1. The van der Waals surface area contributed by atoms with E-state index in [0.717, 1.165) is 67.5 Å². The van der Waals surface area contributed by atoms with Gasteiger partial charge in [0, 0.05) is 67.6 Å². The van der Waals surface area contributed by atoms with Gasteiger partial charge in [0.25, 0.3) is 11.8 Å². The van der Waals surface area contributed by atoms with Gasteiger partial charge in [0.1, 0.15) is 5.58 Å². The normalized spacial score (nSPS) is 24.2. The summed E-state index contributed by atoms with van der Waals surface area (Å²) in [4.78, 5) is 49.8. The van der Waals surface area contributed by atoms with Crippen LogP contribution in [-0.4, -0.2) is 99.8 Å². The van der Waals surface area contributed by atoms with Crippen LogP contribution in [0.5, 0.6) is 0 Å². The number of piperazine rings is 1. The molecule has 2 aromatic carbocycles. The number of hydrogen-bond acceptors (Lipinski definition) is 10. The maximum absolute atomic E-state index is 14.1. The summed E-state index contributed by atoms with van der Waals surface area (Å²) in [5, 5.41) is 0.901. The molecule has 1 atom stereocenters. The number of amides is 2. The Bertz CT molecular complexity index is 2070. The maximum atomic E-state index is 14.1. The van der Waals surface area contributed by atoms with Crippen molar-refractivity contribution in [2.75, 3.05) is 56.7 Å². The first-order valence-electron chi connectivity index (χ1n) is 18.2. The molecule has 5 aliphatic rings. The number of fused-ring (bicyclic) bond motifs is 5. The number of likely N-dealkylation sites (N-methyl/N-ethyl adjacent to an activating group) is 1. The number of nitrogens with zero attached hydrogens (tertiary/aromatic N) is 4. The summed E-state index contributed by atoms with van der Waals surface area (Å²) < 4.78 is 38.8. The van der Waals surface area contributed by atoms with Crippen LogP contribution in [0.15, 0.2) is 39.5 Å². The lowest BCUT2D eigenvalue weighted by Crippen LogP contribution is -2.53. The van der Waals surface area contributed by atoms with Crippen LogP contribution in [0.4, 0.5) is 11.4 Å². The summed E-state index contributed by atoms with van der Waals surface area (Å²) >= 11 is 0. The number of ether oxygens (including phenoxy) is 1. The molecule has 2 bridgehead atoms. The molecule has 8 rings (SSSR count). The van der Waals surface area contributed by atoms with Crippen LogP contribution in [-0.2, 0) is 27.7 Å². The molecule has 0 spiro atoms. The minimum Gasteiger partial charge on any atom is -0.422 e. The van der Waals surface area contributed by atoms with E-state index in [1.807, 2.05) is 13.0 Å². The zero-order chi connectivity index (χ0) is 35.8. The smallest absolute Gasteiger partial charge is 0.341 e. The van der Waals surface area contributed by atoms with Gasteiger partial charge in [0.2, 0.25) is 10.0 Å². The monoisotopic (exact) mass is 717 g/mol. The van der Waals surface area contributed by atoms with E-state index < -0.39 is 26.3 Å². The van der Waals surface area contributed by atoms with Crippen molar-refractivity contribution in [2.24, 2.45) is 0 Å². The maximum Gasteiger partial charge on any atom is 0.341 e. The molecule has 2 amide bonds. The number of aryl methyl sites for hydroxylation is 1. The summed E-state index contributed by atoms with van der Waals surface area (Å²) in [7, 11) is -0.000630. The molecule has 0 unspecified atom stereocenters. The summed E-state index contributed by atoms with van der Waals surface area (Å²) in [6.45, 7) is 7.42. The van der Waals surface area contributed by atoms with Crippen molar-refractivity contribution in [1.29, 1.82) is 0 Å². The lowest BCUT2D eigenvalue weighted by Gasteiger charge is -2.41. The molecule has 51 heavy (non-hydrogen) atoms. The van der Waals surface area contributed by atoms with Gasteiger partial charge in [-0.05, 0) is 102 Å². The Kier molecular flexibility index (Phi) is 8.46. The first-order valence-corrected chi connectivity index (χ1v) is 19.7. The molecule has 1 aromatic heterocycles. The van der Waals surface area contributed by atoms with Gasteiger partial charge in [0.15, 0.2) is 0 Å². The fourth-order valence-corrected chi connectivity index (χ4v) is 10.0. The van der Waals surface area contributed by atoms with Crippen LogP contribution in [0.1, 0.15) is 82.9 Å². The highest BCUT2D eigenvalue weighted by atomic mass is 32.2. The van der Waals surface area contributed by atoms with Crippen molar-refractivity contribution in [2.45, 2.75) is 88.2 Å². The molecule has 5 heterocycles. The van der Waals surface area contributed by atoms with Crippen LogP contribution in [0, 0.1) is 6.92 Å². The molecular formula is C38H47N5O7S. The molecule has 3 saturated heterocycles. The largest absolute Gasteiger partial charge is 0.422 e. The second kappa shape index (κ2) is 12.6. The number of sulfonamides is 1. The molecule has 4 aliphatic heterocycles. The standard InChI is InChI=1S/C38H47N5O7S/c1-23-32(41-18-17-40(3)27(20-41)22-49-4)12-11-29-28-13-16-42(21-31(28)37(46)50-34(23)29)36(45)24-5-10-30(35(44)39-51(47,48)38(2)14-15-38)33(19-24)43-25-6-7-26(43)9-8-25/h5,10-12,19,25-27H,6-9,13-18,20-22H2,1-4H3,(H,39,44)/t25?,26?,27-/m1/s1. The Labute approximate surface area is 298 Å². The van der Waals surface area contributed by atoms with Crippen LogP contribution >= 0.6 is 0 Å². The van der Waals surface area contributed by atoms with Crippen molar-refractivity contribution in [3.8, 4) is 0 Å². The summed E-state index contributed by atoms with van der Waals surface area (Å²) in [6.07, 6.45) is 5.54. The summed E-state index contributed by atoms with van der Waals surface area (Å²) in [6, 6.07) is 9.85. The van der Waals surface area contributed by atoms with Gasteiger partial charge in [-0.3, -0.25) is 14.5 Å². The predicted octanol–water partition coefficient (Wildman–Crippen LogP) is 3.81. The third-order valence-corrected chi connectivity index (χ3v) is 14.5. The summed E-state index contributed by atoms with van der Waals surface area (Å²) in [5.74, 6) is -0.911. The first-order chi connectivity index (χ1) is 24.4. The van der Waals surface area contributed by atoms with E-state index in [-0.39, 0.29) is 36.1 Å². The highest BCUT2D eigenvalue weighted by Gasteiger charge is 2.51. The number of hydrogen-bond donors (Lipinski definition) is 1. The Morgan fingerprint density at radius 3 is 2.41 bits per heavy atom. The molecule has 3 aromatic rings. The molecule has 1 N–H and O–H groups in total. The predicted molar refractivity (Wildman–Crippen MR) is 195 cm³/mol. The number of methoxy groups -OCH3 is 1. The summed E-state index contributed by atoms with van der Waals surface area (Å²) in [5.41, 5.74) is 4.80. The molecule has 4 fully saturated rings. The lowest BCUT2D eigenvalue weighted by atomic mass is 9.95. The Hall–Kier alpha value is -3.94. The highest BCUT2D eigenvalue weighted by Crippen LogP contribution is 2.44. The second-order valence-electron chi connectivity index (χ2n) is 15.4. The Morgan fingerprint density at radius 1 is 1.00 bits per heavy atom. The van der Waals surface area contributed by atoms with Crippen molar-refractivity contribution in [1.82, 2.24) is 14.5 Å². The van der Waals surface area contributed by atoms with Gasteiger partial charge in [-0.2, -0.15) is 0 Å². The quantitative estimate of drug-likeness (QED) is 0.343. The molecule has 1 saturated carbocycles. The highest BCUT2D eigenvalue weighted by molar-refractivity contribution is 7.91. The number of benzene rings is 2. The lowest BCUT2D eigenvalue weighted by molar-refractivity contribution is 0.0732. The van der Waals surface area contributed by atoms with Crippen molar-refractivity contribution < 1.29 is 27.2 Å². The minimum absolute atomic E-state index is 0.119. The van der Waals surface area contributed by atoms with Gasteiger partial charge < -0.3 is 23.9 Å². The van der Waals surface area contributed by atoms with Crippen molar-refractivity contribution in [3.63, 3.8) is 0 Å². The average molecular weight is 718 g/mol. The van der Waals surface area contributed by atoms with Crippen LogP contribution in [0.3, 0.4) is 0 Å². The molecule has 0 radical (unpaired) electrons. The van der Waals surface area contributed by atoms with Crippen molar-refractivity contribution in [3.05, 3.63) is 68.6 Å². The molecule has 13 heteroatoms. The fourth-order valence-electron chi connectivity index (χ4n) is 8.81. The Morgan fingerprint density at radius 2 is 1.73 bits per heavy atom. The number of rotatable bonds is 8. The van der Waals surface area contributed by atoms with E-state index in [4.69, 9.17) is 9.15 Å². The van der Waals surface area contributed by atoms with Gasteiger partial charge in [-0.1, -0.05) is 0 Å². The first kappa shape index (κ1) is 34.2. The molecular weight excluding hydrogens is 671 g/mol. The molecule has 1 aliphatic carbocycles. The van der Waals surface area contributed by atoms with Gasteiger partial charge in [-0.25, -0.2) is 17.9 Å². The van der Waals surface area contributed by atoms with Gasteiger partial charge >= 0.3 is 5.63 Å². The molecule has 12 nitrogen and oxygen atoms in total. The number of carbonyl (C=O) groups excluding carboxylic acids is 2. The van der Waals surface area contributed by atoms with E-state index in [0.29, 0.717) is 54.8 Å². The topological polar surface area (TPSA) is 133 Å². The van der Waals surface area contributed by atoms with Crippen molar-refractivity contribution >= 4 is 44.2 Å². The van der Waals surface area contributed by atoms with Crippen LogP contribution in [0.2, 0.25) is 0 Å². The van der Waals surface area contributed by atoms with Gasteiger partial charge in [-0.15, -0.1) is 0 Å². The molecule has 272 valence electrons. The van der Waals surface area contributed by atoms with Crippen LogP contribution < -0.4 is 20.1 Å². The number of carbonyl (C=O) groups is 2. The zero-order valence-electron chi connectivity index (χ0n) is 29.9. The average Bonchev–Trinajstić information content (AvgIpc) is 3.60. The second-order valence-corrected chi connectivity index (χ2v) is 17.6. The number of anilines is 2. The van der Waals surface area contributed by atoms with E-state index in [2.05, 4.69) is 32.5 Å². The van der Waals surface area contributed by atoms with E-state index >= 15 is 0 Å². The SMILES string of the molecule is COC[C@H]1CN(c2ccc3c4c(c(=O)oc3c2C)CN(C(=O)c2ccc(C(=O)NS(=O)(=O)C3(C)CC3)c(N3C5CCC3CC5)c2)CC4)CCN1C. The third kappa shape index (κ3) is 5.81. The minimum atomic E-state index is -3.84. The van der Waals surface area contributed by atoms with Crippen LogP contribution in [0.25, 0.3) is 11.0 Å². The Balaban J connectivity index is 1.07. The fraction of sp³-hybridized carbons (Fsp3) is 0.553. The van der Waals surface area contributed by atoms with Gasteiger partial charge in [0.05, 0.1) is 40.8 Å². The van der Waals surface area contributed by atoms with E-state index in [1.54, 1.807) is 37.1 Å². The third-order valence-electron chi connectivity index (χ3n) is 12.3.